The molecule has 0 heterocycles. The maximum Gasteiger partial charge on any atom is 0.0695 e. The molecule has 0 N–H and O–H groups in total. The van der Waals surface area contributed by atoms with Crippen molar-refractivity contribution in [1.29, 1.82) is 0 Å². The SMILES string of the molecule is [Au].[O-][Cl+2]([O-])[O-].[O-][Cl+2]([O-])[O-].[O-][Cl+2]([O-])[O-].[O-][Cl+2]([O-])[O-]. The minimum atomic E-state index is -2.85. The van der Waals surface area contributed by atoms with Gasteiger partial charge in [0.25, 0.3) is 0 Å². The van der Waals surface area contributed by atoms with Gasteiger partial charge in [0, 0.05) is 22.4 Å². The molecule has 0 amide bonds. The Morgan fingerprint density at radius 2 is 0.294 bits per heavy atom. The second kappa shape index (κ2) is 26.1. The summed E-state index contributed by atoms with van der Waals surface area (Å²) in [5.41, 5.74) is 0. The predicted octanol–water partition coefficient (Wildman–Crippen LogP) is -14.3. The van der Waals surface area contributed by atoms with Crippen molar-refractivity contribution in [1.82, 2.24) is 0 Å². The van der Waals surface area contributed by atoms with E-state index < -0.39 is 43.1 Å². The van der Waals surface area contributed by atoms with Gasteiger partial charge >= 0.3 is 0 Å². The third kappa shape index (κ3) is 2050. The van der Waals surface area contributed by atoms with Crippen LogP contribution in [0.5, 0.6) is 0 Å². The van der Waals surface area contributed by atoms with Gasteiger partial charge in [-0.25, -0.2) is 0 Å². The van der Waals surface area contributed by atoms with Crippen molar-refractivity contribution in [3.63, 3.8) is 0 Å². The molecular formula is AuCl4O12-4. The zero-order valence-electron chi connectivity index (χ0n) is 6.71. The predicted molar refractivity (Wildman–Crippen MR) is 0 cm³/mol. The Bertz CT molecular complexity index is 61.5. The van der Waals surface area contributed by atoms with E-state index in [1.165, 1.54) is 0 Å². The molecule has 17 heavy (non-hydrogen) atoms. The van der Waals surface area contributed by atoms with Crippen LogP contribution >= 0.6 is 0 Å². The van der Waals surface area contributed by atoms with E-state index in [1.807, 2.05) is 0 Å². The molecule has 0 aliphatic carbocycles. The summed E-state index contributed by atoms with van der Waals surface area (Å²) in [7, 11) is -11.4. The molecule has 0 atom stereocenters. The third-order valence-corrected chi connectivity index (χ3v) is 0. The van der Waals surface area contributed by atoms with Crippen molar-refractivity contribution in [2.24, 2.45) is 0 Å². The van der Waals surface area contributed by atoms with E-state index in [0.717, 1.165) is 0 Å². The van der Waals surface area contributed by atoms with E-state index >= 15 is 0 Å². The largest absolute Gasteiger partial charge is 0.357 e. The van der Waals surface area contributed by atoms with Gasteiger partial charge in [-0.15, -0.1) is 0 Å². The van der Waals surface area contributed by atoms with Crippen LogP contribution in [-0.2, 0) is 22.4 Å². The summed E-state index contributed by atoms with van der Waals surface area (Å²) in [4.78, 5) is 0. The fraction of sp³-hybridized carbons (Fsp3) is 0. The van der Waals surface area contributed by atoms with Crippen molar-refractivity contribution in [2.75, 3.05) is 0 Å². The van der Waals surface area contributed by atoms with Crippen molar-refractivity contribution in [3.05, 3.63) is 0 Å². The topological polar surface area (TPSA) is 277 Å². The third-order valence-electron chi connectivity index (χ3n) is 0. The maximum absolute atomic E-state index is 8.41. The van der Waals surface area contributed by atoms with Crippen molar-refractivity contribution < 1.29 is 121 Å². The molecule has 0 aromatic heterocycles. The van der Waals surface area contributed by atoms with Crippen LogP contribution in [-0.4, -0.2) is 0 Å². The van der Waals surface area contributed by atoms with Crippen LogP contribution in [0.4, 0.5) is 0 Å². The fourth-order valence-electron chi connectivity index (χ4n) is 0. The molecule has 0 bridgehead atoms. The smallest absolute Gasteiger partial charge is 0.0695 e. The maximum atomic E-state index is 8.41. The van der Waals surface area contributed by atoms with E-state index in [9.17, 15) is 0 Å². The molecule has 0 saturated carbocycles. The van der Waals surface area contributed by atoms with Gasteiger partial charge in [0.2, 0.25) is 0 Å². The first kappa shape index (κ1) is 31.0. The normalized spacial score (nSPS) is 8.47. The quantitative estimate of drug-likeness (QED) is 0.264. The Hall–Kier alpha value is 1.42. The van der Waals surface area contributed by atoms with Gasteiger partial charge in [-0.05, 0) is 0 Å². The monoisotopic (exact) mass is 529 g/mol. The van der Waals surface area contributed by atoms with E-state index in [-0.39, 0.29) is 22.4 Å². The summed E-state index contributed by atoms with van der Waals surface area (Å²) < 4.78 is 101. The molecule has 115 valence electrons. The first-order valence-corrected chi connectivity index (χ1v) is 5.55. The first-order valence-electron chi connectivity index (χ1n) is 1.85. The average molecular weight is 531 g/mol. The molecule has 0 fully saturated rings. The van der Waals surface area contributed by atoms with E-state index in [2.05, 4.69) is 0 Å². The number of hydrogen-bond donors (Lipinski definition) is 0. The van der Waals surface area contributed by atoms with Crippen LogP contribution < -0.4 is 55.9 Å². The summed E-state index contributed by atoms with van der Waals surface area (Å²) in [6.07, 6.45) is 0. The van der Waals surface area contributed by atoms with Crippen molar-refractivity contribution >= 4 is 0 Å². The van der Waals surface area contributed by atoms with Gasteiger partial charge in [-0.3, -0.25) is 0 Å². The molecule has 12 nitrogen and oxygen atoms in total. The molecule has 0 aromatic rings. The second-order valence-corrected chi connectivity index (χ2v) is 2.27. The Kier molecular flexibility index (Phi) is 47.6. The molecule has 1 radical (unpaired) electrons. The van der Waals surface area contributed by atoms with Gasteiger partial charge in [0.1, 0.15) is 0 Å². The van der Waals surface area contributed by atoms with Crippen LogP contribution in [0.3, 0.4) is 0 Å². The summed E-state index contributed by atoms with van der Waals surface area (Å²) >= 11 is 0. The van der Waals surface area contributed by atoms with Crippen LogP contribution in [0.2, 0.25) is 0 Å². The van der Waals surface area contributed by atoms with Crippen LogP contribution in [0.25, 0.3) is 0 Å². The molecule has 0 saturated heterocycles. The van der Waals surface area contributed by atoms with Gasteiger partial charge in [0.05, 0.1) is 43.1 Å². The number of rotatable bonds is 0. The van der Waals surface area contributed by atoms with E-state index in [0.29, 0.717) is 0 Å². The van der Waals surface area contributed by atoms with E-state index in [4.69, 9.17) is 55.9 Å². The standard InChI is InChI=1S/Au.4ClO3/c;4*2-1(3)4/q;4*-1. The Morgan fingerprint density at radius 1 is 0.294 bits per heavy atom. The molecule has 0 aromatic carbocycles. The molecule has 0 spiro atoms. The summed E-state index contributed by atoms with van der Waals surface area (Å²) in [5, 5.41) is 0. The summed E-state index contributed by atoms with van der Waals surface area (Å²) in [5.74, 6) is 0. The van der Waals surface area contributed by atoms with Crippen molar-refractivity contribution in [3.8, 4) is 0 Å². The Morgan fingerprint density at radius 3 is 0.294 bits per heavy atom. The first-order chi connectivity index (χ1) is 6.93. The average Bonchev–Trinajstić information content (AvgIpc) is 1.76. The molecular weight excluding hydrogens is 531 g/mol. The molecule has 0 rings (SSSR count). The molecule has 0 aliphatic heterocycles. The van der Waals surface area contributed by atoms with Gasteiger partial charge < -0.3 is 55.9 Å². The minimum absolute atomic E-state index is 0. The Balaban J connectivity index is -0.0000000369. The molecule has 0 aliphatic rings. The molecule has 0 unspecified atom stereocenters. The summed E-state index contributed by atoms with van der Waals surface area (Å²) in [6, 6.07) is 0. The van der Waals surface area contributed by atoms with Crippen LogP contribution in [0, 0.1) is 43.1 Å². The van der Waals surface area contributed by atoms with Gasteiger partial charge in [-0.2, -0.15) is 0 Å². The van der Waals surface area contributed by atoms with Gasteiger partial charge in [-0.1, -0.05) is 0 Å². The number of halogens is 4. The number of hydrogen-bond acceptors (Lipinski definition) is 12. The summed E-state index contributed by atoms with van der Waals surface area (Å²) in [6.45, 7) is 0. The van der Waals surface area contributed by atoms with Crippen LogP contribution in [0.15, 0.2) is 0 Å². The minimum Gasteiger partial charge on any atom is -0.357 e. The molecule has 17 heteroatoms. The van der Waals surface area contributed by atoms with E-state index in [1.54, 1.807) is 0 Å². The van der Waals surface area contributed by atoms with Crippen LogP contribution in [0.1, 0.15) is 0 Å². The van der Waals surface area contributed by atoms with Crippen molar-refractivity contribution in [2.45, 2.75) is 0 Å². The fourth-order valence-corrected chi connectivity index (χ4v) is 0. The van der Waals surface area contributed by atoms with Gasteiger partial charge in [0.15, 0.2) is 0 Å². The zero-order valence-corrected chi connectivity index (χ0v) is 11.9. The second-order valence-electron chi connectivity index (χ2n) is 0.756. The zero-order chi connectivity index (χ0) is 14.3. The Labute approximate surface area is 121 Å².